The number of nitrogens with one attached hydrogen (secondary N) is 1. The molecule has 2 heterocycles. The van der Waals surface area contributed by atoms with Crippen LogP contribution in [-0.4, -0.2) is 41.5 Å². The fourth-order valence-corrected chi connectivity index (χ4v) is 3.55. The van der Waals surface area contributed by atoms with Crippen LogP contribution in [0.5, 0.6) is 0 Å². The SMILES string of the molecule is COC(=O)c1cc(-c2nc3c([nH]2)CN(C)CC3)c(C2CC2)cc1C. The third-order valence-corrected chi connectivity index (χ3v) is 5.10. The van der Waals surface area contributed by atoms with E-state index in [0.29, 0.717) is 11.5 Å². The maximum absolute atomic E-state index is 12.1. The Hall–Kier alpha value is -2.14. The molecule has 126 valence electrons. The second-order valence-electron chi connectivity index (χ2n) is 7.02. The van der Waals surface area contributed by atoms with Gasteiger partial charge in [0.1, 0.15) is 5.82 Å². The van der Waals surface area contributed by atoms with E-state index in [9.17, 15) is 4.79 Å². The molecular weight excluding hydrogens is 302 g/mol. The van der Waals surface area contributed by atoms with Gasteiger partial charge in [0.05, 0.1) is 24.1 Å². The summed E-state index contributed by atoms with van der Waals surface area (Å²) in [4.78, 5) is 22.7. The van der Waals surface area contributed by atoms with Crippen LogP contribution in [0.15, 0.2) is 12.1 Å². The van der Waals surface area contributed by atoms with E-state index in [4.69, 9.17) is 9.72 Å². The summed E-state index contributed by atoms with van der Waals surface area (Å²) in [7, 11) is 3.55. The zero-order chi connectivity index (χ0) is 16.8. The van der Waals surface area contributed by atoms with Crippen molar-refractivity contribution in [2.75, 3.05) is 20.7 Å². The number of aryl methyl sites for hydroxylation is 1. The average Bonchev–Trinajstić information content (AvgIpc) is 3.33. The molecule has 1 N–H and O–H groups in total. The van der Waals surface area contributed by atoms with Gasteiger partial charge in [-0.3, -0.25) is 0 Å². The Kier molecular flexibility index (Phi) is 3.68. The van der Waals surface area contributed by atoms with Crippen LogP contribution < -0.4 is 0 Å². The first kappa shape index (κ1) is 15.4. The molecule has 5 heteroatoms. The van der Waals surface area contributed by atoms with Crippen molar-refractivity contribution < 1.29 is 9.53 Å². The van der Waals surface area contributed by atoms with Crippen LogP contribution in [0.4, 0.5) is 0 Å². The van der Waals surface area contributed by atoms with E-state index >= 15 is 0 Å². The first-order chi connectivity index (χ1) is 11.6. The molecule has 2 aromatic rings. The molecule has 2 aliphatic rings. The highest BCUT2D eigenvalue weighted by Crippen LogP contribution is 2.45. The number of nitrogens with zero attached hydrogens (tertiary/aromatic N) is 2. The van der Waals surface area contributed by atoms with E-state index in [1.165, 1.54) is 31.2 Å². The third-order valence-electron chi connectivity index (χ3n) is 5.10. The number of benzene rings is 1. The molecule has 5 nitrogen and oxygen atoms in total. The van der Waals surface area contributed by atoms with Crippen molar-refractivity contribution in [3.63, 3.8) is 0 Å². The van der Waals surface area contributed by atoms with E-state index in [1.807, 2.05) is 13.0 Å². The summed E-state index contributed by atoms with van der Waals surface area (Å²) < 4.78 is 4.94. The molecule has 0 radical (unpaired) electrons. The number of esters is 1. The fourth-order valence-electron chi connectivity index (χ4n) is 3.55. The molecule has 1 fully saturated rings. The lowest BCUT2D eigenvalue weighted by atomic mass is 9.95. The Morgan fingerprint density at radius 1 is 1.38 bits per heavy atom. The number of ether oxygens (including phenoxy) is 1. The number of hydrogen-bond donors (Lipinski definition) is 1. The van der Waals surface area contributed by atoms with Gasteiger partial charge in [-0.15, -0.1) is 0 Å². The van der Waals surface area contributed by atoms with Crippen molar-refractivity contribution in [3.8, 4) is 11.4 Å². The first-order valence-corrected chi connectivity index (χ1v) is 8.56. The minimum Gasteiger partial charge on any atom is -0.465 e. The van der Waals surface area contributed by atoms with Gasteiger partial charge < -0.3 is 14.6 Å². The summed E-state index contributed by atoms with van der Waals surface area (Å²) in [5.41, 5.74) is 6.32. The highest BCUT2D eigenvalue weighted by molar-refractivity contribution is 5.93. The van der Waals surface area contributed by atoms with Crippen molar-refractivity contribution in [3.05, 3.63) is 40.2 Å². The van der Waals surface area contributed by atoms with Gasteiger partial charge in [0.15, 0.2) is 0 Å². The lowest BCUT2D eigenvalue weighted by Gasteiger charge is -2.20. The smallest absolute Gasteiger partial charge is 0.338 e. The lowest BCUT2D eigenvalue weighted by molar-refractivity contribution is 0.0600. The van der Waals surface area contributed by atoms with Crippen LogP contribution in [0.1, 0.15) is 51.6 Å². The minimum absolute atomic E-state index is 0.285. The molecule has 0 bridgehead atoms. The number of rotatable bonds is 3. The summed E-state index contributed by atoms with van der Waals surface area (Å²) in [5.74, 6) is 1.20. The Morgan fingerprint density at radius 2 is 2.17 bits per heavy atom. The number of fused-ring (bicyclic) bond motifs is 1. The number of aromatic nitrogens is 2. The van der Waals surface area contributed by atoms with Crippen LogP contribution in [0.3, 0.4) is 0 Å². The standard InChI is InChI=1S/C19H23N3O2/c1-11-8-14(12-4-5-12)15(9-13(11)19(23)24-3)18-20-16-6-7-22(2)10-17(16)21-18/h8-9,12H,4-7,10H2,1-3H3,(H,20,21). The van der Waals surface area contributed by atoms with Crippen LogP contribution in [0.25, 0.3) is 11.4 Å². The summed E-state index contributed by atoms with van der Waals surface area (Å²) in [6, 6.07) is 4.11. The second-order valence-corrected chi connectivity index (χ2v) is 7.02. The molecule has 0 unspecified atom stereocenters. The van der Waals surface area contributed by atoms with Gasteiger partial charge in [0.2, 0.25) is 0 Å². The van der Waals surface area contributed by atoms with Crippen molar-refractivity contribution in [2.24, 2.45) is 0 Å². The van der Waals surface area contributed by atoms with Crippen molar-refractivity contribution >= 4 is 5.97 Å². The van der Waals surface area contributed by atoms with Gasteiger partial charge in [0, 0.05) is 25.1 Å². The molecule has 0 atom stereocenters. The first-order valence-electron chi connectivity index (χ1n) is 8.56. The molecule has 0 amide bonds. The number of aromatic amines is 1. The average molecular weight is 325 g/mol. The quantitative estimate of drug-likeness (QED) is 0.881. The van der Waals surface area contributed by atoms with Crippen molar-refractivity contribution in [2.45, 2.75) is 38.6 Å². The molecular formula is C19H23N3O2. The van der Waals surface area contributed by atoms with Gasteiger partial charge >= 0.3 is 5.97 Å². The van der Waals surface area contributed by atoms with Gasteiger partial charge in [-0.1, -0.05) is 6.07 Å². The molecule has 4 rings (SSSR count). The highest BCUT2D eigenvalue weighted by atomic mass is 16.5. The van der Waals surface area contributed by atoms with Crippen LogP contribution in [0, 0.1) is 6.92 Å². The summed E-state index contributed by atoms with van der Waals surface area (Å²) in [6.07, 6.45) is 3.40. The molecule has 1 saturated carbocycles. The van der Waals surface area contributed by atoms with E-state index in [1.54, 1.807) is 0 Å². The maximum atomic E-state index is 12.1. The Morgan fingerprint density at radius 3 is 2.88 bits per heavy atom. The summed E-state index contributed by atoms with van der Waals surface area (Å²) >= 11 is 0. The van der Waals surface area contributed by atoms with E-state index < -0.39 is 0 Å². The number of likely N-dealkylation sites (N-methyl/N-ethyl adjacent to an activating group) is 1. The Bertz CT molecular complexity index is 805. The van der Waals surface area contributed by atoms with E-state index in [0.717, 1.165) is 42.2 Å². The molecule has 0 spiro atoms. The van der Waals surface area contributed by atoms with E-state index in [-0.39, 0.29) is 5.97 Å². The Balaban J connectivity index is 1.82. The van der Waals surface area contributed by atoms with Crippen molar-refractivity contribution in [1.82, 2.24) is 14.9 Å². The largest absolute Gasteiger partial charge is 0.465 e. The predicted octanol–water partition coefficient (Wildman–Crippen LogP) is 3.04. The maximum Gasteiger partial charge on any atom is 0.338 e. The van der Waals surface area contributed by atoms with Crippen LogP contribution >= 0.6 is 0 Å². The zero-order valence-electron chi connectivity index (χ0n) is 14.5. The topological polar surface area (TPSA) is 58.2 Å². The van der Waals surface area contributed by atoms with E-state index in [2.05, 4.69) is 23.0 Å². The zero-order valence-corrected chi connectivity index (χ0v) is 14.5. The molecule has 1 aromatic heterocycles. The second kappa shape index (κ2) is 5.74. The molecule has 1 aromatic carbocycles. The summed E-state index contributed by atoms with van der Waals surface area (Å²) in [5, 5.41) is 0. The number of H-pyrrole nitrogens is 1. The van der Waals surface area contributed by atoms with Gasteiger partial charge in [0.25, 0.3) is 0 Å². The molecule has 1 aliphatic heterocycles. The minimum atomic E-state index is -0.285. The van der Waals surface area contributed by atoms with Crippen LogP contribution in [-0.2, 0) is 17.7 Å². The number of carbonyl (C=O) groups is 1. The number of methoxy groups -OCH3 is 1. The fraction of sp³-hybridized carbons (Fsp3) is 0.474. The van der Waals surface area contributed by atoms with Gasteiger partial charge in [-0.25, -0.2) is 9.78 Å². The predicted molar refractivity (Wildman–Crippen MR) is 92.1 cm³/mol. The molecule has 1 aliphatic carbocycles. The Labute approximate surface area is 142 Å². The molecule has 24 heavy (non-hydrogen) atoms. The number of hydrogen-bond acceptors (Lipinski definition) is 4. The van der Waals surface area contributed by atoms with Crippen molar-refractivity contribution in [1.29, 1.82) is 0 Å². The lowest BCUT2D eigenvalue weighted by Crippen LogP contribution is -2.26. The number of carbonyl (C=O) groups excluding carboxylic acids is 1. The van der Waals surface area contributed by atoms with Crippen LogP contribution in [0.2, 0.25) is 0 Å². The normalized spacial score (nSPS) is 17.6. The third kappa shape index (κ3) is 2.63. The molecule has 0 saturated heterocycles. The highest BCUT2D eigenvalue weighted by Gasteiger charge is 2.29. The van der Waals surface area contributed by atoms with Gasteiger partial charge in [-0.05, 0) is 49.9 Å². The summed E-state index contributed by atoms with van der Waals surface area (Å²) in [6.45, 7) is 3.91. The number of imidazole rings is 1. The van der Waals surface area contributed by atoms with Gasteiger partial charge in [-0.2, -0.15) is 0 Å². The monoisotopic (exact) mass is 325 g/mol.